The Kier molecular flexibility index (Phi) is 6.97. The van der Waals surface area contributed by atoms with Crippen LogP contribution in [0.1, 0.15) is 39.5 Å². The molecule has 2 N–H and O–H groups in total. The van der Waals surface area contributed by atoms with E-state index in [1.165, 1.54) is 0 Å². The maximum absolute atomic E-state index is 12.0. The van der Waals surface area contributed by atoms with Gasteiger partial charge in [-0.1, -0.05) is 23.2 Å². The summed E-state index contributed by atoms with van der Waals surface area (Å²) < 4.78 is 28.7. The molecule has 28 heavy (non-hydrogen) atoms. The summed E-state index contributed by atoms with van der Waals surface area (Å²) in [6, 6.07) is 9.91. The third-order valence-electron chi connectivity index (χ3n) is 5.32. The van der Waals surface area contributed by atoms with Crippen molar-refractivity contribution in [3.8, 4) is 5.69 Å². The van der Waals surface area contributed by atoms with Gasteiger partial charge in [-0.05, 0) is 75.8 Å². The highest BCUT2D eigenvalue weighted by Gasteiger charge is 2.26. The average Bonchev–Trinajstić information content (AvgIpc) is 3.00. The van der Waals surface area contributed by atoms with Gasteiger partial charge in [-0.2, -0.15) is 0 Å². The van der Waals surface area contributed by atoms with Crippen molar-refractivity contribution in [1.82, 2.24) is 9.29 Å². The maximum Gasteiger partial charge on any atom is 0.214 e. The van der Waals surface area contributed by atoms with Gasteiger partial charge in [0.05, 0.1) is 10.3 Å². The van der Waals surface area contributed by atoms with Crippen LogP contribution in [0.5, 0.6) is 0 Å². The van der Waals surface area contributed by atoms with Crippen molar-refractivity contribution in [2.24, 2.45) is 5.92 Å². The SMILES string of the molecule is CC(C)S(=O)(=O)NC1CCC(CNc2ccc(-n3ccc(Cl)c3Cl)cc2)CC1. The molecule has 3 rings (SSSR count). The van der Waals surface area contributed by atoms with Crippen LogP contribution in [0, 0.1) is 5.92 Å². The predicted molar refractivity (Wildman–Crippen MR) is 117 cm³/mol. The second-order valence-electron chi connectivity index (χ2n) is 7.68. The van der Waals surface area contributed by atoms with E-state index in [1.807, 2.05) is 35.0 Å². The zero-order valence-corrected chi connectivity index (χ0v) is 18.5. The van der Waals surface area contributed by atoms with Gasteiger partial charge in [0.25, 0.3) is 0 Å². The Morgan fingerprint density at radius 3 is 2.25 bits per heavy atom. The molecule has 0 saturated heterocycles. The Bertz CT molecular complexity index is 887. The molecule has 1 saturated carbocycles. The minimum Gasteiger partial charge on any atom is -0.385 e. The van der Waals surface area contributed by atoms with Crippen molar-refractivity contribution in [2.45, 2.75) is 50.8 Å². The van der Waals surface area contributed by atoms with Crippen molar-refractivity contribution in [3.05, 3.63) is 46.7 Å². The Labute approximate surface area is 177 Å². The zero-order valence-electron chi connectivity index (χ0n) is 16.2. The molecule has 1 fully saturated rings. The number of anilines is 1. The van der Waals surface area contributed by atoms with Gasteiger partial charge < -0.3 is 9.88 Å². The lowest BCUT2D eigenvalue weighted by atomic mass is 9.86. The molecule has 8 heteroatoms. The van der Waals surface area contributed by atoms with Gasteiger partial charge in [0.15, 0.2) is 0 Å². The van der Waals surface area contributed by atoms with Gasteiger partial charge in [-0.15, -0.1) is 0 Å². The summed E-state index contributed by atoms with van der Waals surface area (Å²) in [6.45, 7) is 4.31. The molecule has 0 spiro atoms. The standard InChI is InChI=1S/C20H27Cl2N3O2S/c1-14(2)28(26,27)24-17-5-3-15(4-6-17)13-23-16-7-9-18(10-8-16)25-12-11-19(21)20(25)22/h7-12,14-15,17,23-24H,3-6,13H2,1-2H3. The monoisotopic (exact) mass is 443 g/mol. The molecule has 1 aliphatic rings. The van der Waals surface area contributed by atoms with Crippen LogP contribution in [0.25, 0.3) is 5.69 Å². The molecule has 0 unspecified atom stereocenters. The minimum absolute atomic E-state index is 0.0704. The Hall–Kier alpha value is -1.21. The van der Waals surface area contributed by atoms with Gasteiger partial charge >= 0.3 is 0 Å². The lowest BCUT2D eigenvalue weighted by Crippen LogP contribution is -2.41. The van der Waals surface area contributed by atoms with Crippen molar-refractivity contribution < 1.29 is 8.42 Å². The lowest BCUT2D eigenvalue weighted by Gasteiger charge is -2.29. The molecule has 5 nitrogen and oxygen atoms in total. The Balaban J connectivity index is 1.47. The summed E-state index contributed by atoms with van der Waals surface area (Å²) in [5.74, 6) is 0.553. The fraction of sp³-hybridized carbons (Fsp3) is 0.500. The zero-order chi connectivity index (χ0) is 20.3. The van der Waals surface area contributed by atoms with E-state index in [-0.39, 0.29) is 11.3 Å². The Morgan fingerprint density at radius 2 is 1.71 bits per heavy atom. The smallest absolute Gasteiger partial charge is 0.214 e. The van der Waals surface area contributed by atoms with Crippen molar-refractivity contribution in [3.63, 3.8) is 0 Å². The van der Waals surface area contributed by atoms with E-state index >= 15 is 0 Å². The summed E-state index contributed by atoms with van der Waals surface area (Å²) in [7, 11) is -3.18. The first-order chi connectivity index (χ1) is 13.3. The first-order valence-corrected chi connectivity index (χ1v) is 11.9. The van der Waals surface area contributed by atoms with Crippen molar-refractivity contribution in [1.29, 1.82) is 0 Å². The number of sulfonamides is 1. The molecule has 1 heterocycles. The van der Waals surface area contributed by atoms with Crippen LogP contribution in [-0.2, 0) is 10.0 Å². The molecule has 1 aliphatic carbocycles. The predicted octanol–water partition coefficient (Wildman–Crippen LogP) is 5.08. The highest BCUT2D eigenvalue weighted by molar-refractivity contribution is 7.90. The topological polar surface area (TPSA) is 63.1 Å². The highest BCUT2D eigenvalue weighted by atomic mass is 35.5. The molecule has 1 aromatic carbocycles. The van der Waals surface area contributed by atoms with E-state index in [0.717, 1.165) is 43.6 Å². The molecule has 0 bridgehead atoms. The number of nitrogens with one attached hydrogen (secondary N) is 2. The molecular weight excluding hydrogens is 417 g/mol. The van der Waals surface area contributed by atoms with Crippen molar-refractivity contribution >= 4 is 38.9 Å². The second-order valence-corrected chi connectivity index (χ2v) is 10.7. The summed E-state index contributed by atoms with van der Waals surface area (Å²) in [4.78, 5) is 0. The molecule has 2 aromatic rings. The Morgan fingerprint density at radius 1 is 1.07 bits per heavy atom. The van der Waals surface area contributed by atoms with Gasteiger partial charge in [0.1, 0.15) is 5.15 Å². The fourth-order valence-electron chi connectivity index (χ4n) is 3.44. The molecule has 154 valence electrons. The molecular formula is C20H27Cl2N3O2S. The summed E-state index contributed by atoms with van der Waals surface area (Å²) >= 11 is 12.2. The van der Waals surface area contributed by atoms with Gasteiger partial charge in [-0.3, -0.25) is 0 Å². The summed E-state index contributed by atoms with van der Waals surface area (Å²) in [5, 5.41) is 4.15. The van der Waals surface area contributed by atoms with Crippen LogP contribution < -0.4 is 10.0 Å². The molecule has 0 atom stereocenters. The lowest BCUT2D eigenvalue weighted by molar-refractivity contribution is 0.323. The molecule has 0 amide bonds. The largest absolute Gasteiger partial charge is 0.385 e. The van der Waals surface area contributed by atoms with E-state index in [0.29, 0.717) is 16.1 Å². The number of hydrogen-bond donors (Lipinski definition) is 2. The van der Waals surface area contributed by atoms with Gasteiger partial charge in [0.2, 0.25) is 10.0 Å². The summed E-state index contributed by atoms with van der Waals surface area (Å²) in [6.07, 6.45) is 5.68. The number of rotatable bonds is 7. The van der Waals surface area contributed by atoms with E-state index in [2.05, 4.69) is 10.0 Å². The third-order valence-corrected chi connectivity index (χ3v) is 8.01. The minimum atomic E-state index is -3.18. The highest BCUT2D eigenvalue weighted by Crippen LogP contribution is 2.28. The van der Waals surface area contributed by atoms with Gasteiger partial charge in [-0.25, -0.2) is 13.1 Å². The van der Waals surface area contributed by atoms with E-state index in [4.69, 9.17) is 23.2 Å². The van der Waals surface area contributed by atoms with Crippen LogP contribution >= 0.6 is 23.2 Å². The van der Waals surface area contributed by atoms with Crippen LogP contribution in [0.15, 0.2) is 36.5 Å². The number of aromatic nitrogens is 1. The number of benzene rings is 1. The van der Waals surface area contributed by atoms with E-state index in [1.54, 1.807) is 19.9 Å². The summed E-state index contributed by atoms with van der Waals surface area (Å²) in [5.41, 5.74) is 2.01. The first kappa shape index (κ1) is 21.5. The maximum atomic E-state index is 12.0. The van der Waals surface area contributed by atoms with Gasteiger partial charge in [0, 0.05) is 30.2 Å². The average molecular weight is 444 g/mol. The third kappa shape index (κ3) is 5.23. The number of nitrogens with zero attached hydrogens (tertiary/aromatic N) is 1. The second kappa shape index (κ2) is 9.08. The molecule has 1 aromatic heterocycles. The van der Waals surface area contributed by atoms with E-state index < -0.39 is 10.0 Å². The number of halogens is 2. The molecule has 0 radical (unpaired) electrons. The van der Waals surface area contributed by atoms with Crippen molar-refractivity contribution in [2.75, 3.05) is 11.9 Å². The van der Waals surface area contributed by atoms with Crippen LogP contribution in [0.3, 0.4) is 0 Å². The molecule has 0 aliphatic heterocycles. The van der Waals surface area contributed by atoms with E-state index in [9.17, 15) is 8.42 Å². The quantitative estimate of drug-likeness (QED) is 0.626. The first-order valence-electron chi connectivity index (χ1n) is 9.64. The number of hydrogen-bond acceptors (Lipinski definition) is 3. The van der Waals surface area contributed by atoms with Crippen LogP contribution in [0.4, 0.5) is 5.69 Å². The van der Waals surface area contributed by atoms with Crippen LogP contribution in [0.2, 0.25) is 10.2 Å². The normalized spacial score (nSPS) is 20.5. The van der Waals surface area contributed by atoms with Crippen LogP contribution in [-0.4, -0.2) is 30.8 Å². The fourth-order valence-corrected chi connectivity index (χ4v) is 4.78.